The molecule has 0 aliphatic carbocycles. The number of aromatic carboxylic acids is 1. The average molecular weight is 493 g/mol. The molecule has 2 N–H and O–H groups in total. The summed E-state index contributed by atoms with van der Waals surface area (Å²) in [7, 11) is 1.31. The number of carboxylic acids is 1. The van der Waals surface area contributed by atoms with E-state index in [1.807, 2.05) is 0 Å². The summed E-state index contributed by atoms with van der Waals surface area (Å²) in [5.74, 6) is -5.31. The maximum atomic E-state index is 13.7. The molecule has 1 unspecified atom stereocenters. The second-order valence-electron chi connectivity index (χ2n) is 8.08. The molecule has 11 heteroatoms. The molecule has 0 aliphatic heterocycles. The predicted molar refractivity (Wildman–Crippen MR) is 118 cm³/mol. The Morgan fingerprint density at radius 2 is 1.77 bits per heavy atom. The Kier molecular flexibility index (Phi) is 7.18. The number of ether oxygens (including phenoxy) is 1. The molecular weight excluding hydrogens is 470 g/mol. The molecule has 3 rings (SSSR count). The van der Waals surface area contributed by atoms with Crippen molar-refractivity contribution in [2.75, 3.05) is 0 Å². The fourth-order valence-electron chi connectivity index (χ4n) is 3.49. The summed E-state index contributed by atoms with van der Waals surface area (Å²) in [6, 6.07) is 8.54. The number of hydrogen-bond donors (Lipinski definition) is 2. The summed E-state index contributed by atoms with van der Waals surface area (Å²) in [4.78, 5) is 24.3. The van der Waals surface area contributed by atoms with E-state index in [1.54, 1.807) is 19.9 Å². The Morgan fingerprint density at radius 3 is 2.29 bits per heavy atom. The van der Waals surface area contributed by atoms with Crippen LogP contribution in [0, 0.1) is 6.92 Å². The Bertz CT molecular complexity index is 1250. The van der Waals surface area contributed by atoms with Crippen LogP contribution in [0.4, 0.5) is 17.6 Å². The number of benzene rings is 2. The molecule has 1 amide bonds. The number of carbonyl (C=O) groups excluding carboxylic acids is 1. The molecule has 0 radical (unpaired) electrons. The smallest absolute Gasteiger partial charge is 0.335 e. The van der Waals surface area contributed by atoms with Gasteiger partial charge >= 0.3 is 5.97 Å². The minimum Gasteiger partial charge on any atom is -0.478 e. The number of carbonyl (C=O) groups is 2. The average Bonchev–Trinajstić information content (AvgIpc) is 3.09. The van der Waals surface area contributed by atoms with Crippen molar-refractivity contribution >= 4 is 11.9 Å². The van der Waals surface area contributed by atoms with E-state index in [0.717, 1.165) is 23.7 Å². The van der Waals surface area contributed by atoms with Crippen molar-refractivity contribution in [2.24, 2.45) is 7.05 Å². The minimum absolute atomic E-state index is 0.0452. The van der Waals surface area contributed by atoms with Crippen LogP contribution in [0.5, 0.6) is 11.6 Å². The van der Waals surface area contributed by atoms with Gasteiger partial charge in [0.15, 0.2) is 0 Å². The molecule has 7 nitrogen and oxygen atoms in total. The zero-order valence-electron chi connectivity index (χ0n) is 19.3. The van der Waals surface area contributed by atoms with Crippen LogP contribution in [-0.4, -0.2) is 26.8 Å². The van der Waals surface area contributed by atoms with E-state index in [4.69, 9.17) is 4.74 Å². The lowest BCUT2D eigenvalue weighted by molar-refractivity contribution is 0.0174. The molecule has 0 saturated heterocycles. The molecule has 0 saturated carbocycles. The predicted octanol–water partition coefficient (Wildman–Crippen LogP) is 5.76. The van der Waals surface area contributed by atoms with Gasteiger partial charge in [0.25, 0.3) is 18.3 Å². The number of amides is 1. The highest BCUT2D eigenvalue weighted by molar-refractivity contribution is 5.98. The van der Waals surface area contributed by atoms with Crippen LogP contribution in [0.3, 0.4) is 0 Å². The third-order valence-electron chi connectivity index (χ3n) is 5.36. The van der Waals surface area contributed by atoms with E-state index >= 15 is 0 Å². The lowest BCUT2D eigenvalue weighted by Gasteiger charge is -2.17. The van der Waals surface area contributed by atoms with Gasteiger partial charge in [-0.2, -0.15) is 5.10 Å². The molecule has 2 aromatic carbocycles. The summed E-state index contributed by atoms with van der Waals surface area (Å²) in [6.45, 7) is 3.94. The van der Waals surface area contributed by atoms with Gasteiger partial charge in [-0.1, -0.05) is 12.1 Å². The highest BCUT2D eigenvalue weighted by Gasteiger charge is 2.31. The Balaban J connectivity index is 1.91. The molecule has 0 fully saturated rings. The second kappa shape index (κ2) is 9.77. The summed E-state index contributed by atoms with van der Waals surface area (Å²) in [5.41, 5.74) is -0.446. The minimum atomic E-state index is -3.09. The lowest BCUT2D eigenvalue weighted by Crippen LogP contribution is -2.28. The second-order valence-corrected chi connectivity index (χ2v) is 8.08. The van der Waals surface area contributed by atoms with E-state index in [1.165, 1.54) is 31.3 Å². The number of halogens is 4. The molecule has 1 heterocycles. The van der Waals surface area contributed by atoms with Crippen molar-refractivity contribution in [2.45, 2.75) is 39.2 Å². The van der Waals surface area contributed by atoms with Crippen molar-refractivity contribution in [3.05, 3.63) is 76.0 Å². The van der Waals surface area contributed by atoms with Crippen LogP contribution >= 0.6 is 0 Å². The lowest BCUT2D eigenvalue weighted by atomic mass is 10.0. The van der Waals surface area contributed by atoms with Gasteiger partial charge in [0.2, 0.25) is 5.88 Å². The zero-order chi connectivity index (χ0) is 26.1. The standard InChI is InChI=1S/C24H23F4N3O4/c1-12-11-14(5-10-17(12)23(33)34)13(2)29-21(32)18-19(20(25)26)30-31(4)22(18)35-16-8-6-15(7-9-16)24(3,27)28/h5-11,13,20H,1-4H3,(H,29,32)(H,33,34). The first-order chi connectivity index (χ1) is 16.3. The van der Waals surface area contributed by atoms with E-state index in [-0.39, 0.29) is 22.8 Å². The van der Waals surface area contributed by atoms with Gasteiger partial charge in [0.1, 0.15) is 17.0 Å². The molecule has 0 aliphatic rings. The summed E-state index contributed by atoms with van der Waals surface area (Å²) >= 11 is 0. The molecule has 186 valence electrons. The number of aryl methyl sites for hydroxylation is 2. The molecule has 35 heavy (non-hydrogen) atoms. The van der Waals surface area contributed by atoms with Gasteiger partial charge in [-0.15, -0.1) is 0 Å². The molecule has 1 atom stereocenters. The van der Waals surface area contributed by atoms with E-state index < -0.39 is 41.5 Å². The van der Waals surface area contributed by atoms with Crippen LogP contribution in [0.25, 0.3) is 0 Å². The summed E-state index contributed by atoms with van der Waals surface area (Å²) in [5, 5.41) is 15.5. The first-order valence-corrected chi connectivity index (χ1v) is 10.5. The van der Waals surface area contributed by atoms with Crippen molar-refractivity contribution in [3.8, 4) is 11.6 Å². The number of carboxylic acid groups (broad SMARTS) is 1. The maximum Gasteiger partial charge on any atom is 0.335 e. The van der Waals surface area contributed by atoms with Gasteiger partial charge in [-0.3, -0.25) is 4.79 Å². The summed E-state index contributed by atoms with van der Waals surface area (Å²) in [6.07, 6.45) is -3.09. The van der Waals surface area contributed by atoms with Crippen LogP contribution in [0.1, 0.15) is 69.4 Å². The van der Waals surface area contributed by atoms with E-state index in [9.17, 15) is 32.3 Å². The van der Waals surface area contributed by atoms with Crippen LogP contribution < -0.4 is 10.1 Å². The molecule has 1 aromatic heterocycles. The third kappa shape index (κ3) is 5.61. The first kappa shape index (κ1) is 25.7. The van der Waals surface area contributed by atoms with Crippen LogP contribution in [-0.2, 0) is 13.0 Å². The van der Waals surface area contributed by atoms with Crippen molar-refractivity contribution in [3.63, 3.8) is 0 Å². The largest absolute Gasteiger partial charge is 0.478 e. The van der Waals surface area contributed by atoms with Gasteiger partial charge in [0, 0.05) is 19.5 Å². The molecule has 0 spiro atoms. The van der Waals surface area contributed by atoms with Gasteiger partial charge in [-0.05, 0) is 55.3 Å². The first-order valence-electron chi connectivity index (χ1n) is 10.5. The fourth-order valence-corrected chi connectivity index (χ4v) is 3.49. The topological polar surface area (TPSA) is 93.5 Å². The molecular formula is C24H23F4N3O4. The number of nitrogens with one attached hydrogen (secondary N) is 1. The Morgan fingerprint density at radius 1 is 1.14 bits per heavy atom. The highest BCUT2D eigenvalue weighted by Crippen LogP contribution is 2.34. The van der Waals surface area contributed by atoms with Gasteiger partial charge < -0.3 is 15.2 Å². The number of alkyl halides is 4. The number of nitrogens with zero attached hydrogens (tertiary/aromatic N) is 2. The van der Waals surface area contributed by atoms with Crippen molar-refractivity contribution < 1.29 is 37.0 Å². The third-order valence-corrected chi connectivity index (χ3v) is 5.36. The Labute approximate surface area is 198 Å². The summed E-state index contributed by atoms with van der Waals surface area (Å²) < 4.78 is 60.9. The van der Waals surface area contributed by atoms with Crippen LogP contribution in [0.15, 0.2) is 42.5 Å². The van der Waals surface area contributed by atoms with E-state index in [0.29, 0.717) is 11.1 Å². The van der Waals surface area contributed by atoms with Gasteiger partial charge in [-0.25, -0.2) is 27.0 Å². The fraction of sp³-hybridized carbons (Fsp3) is 0.292. The van der Waals surface area contributed by atoms with Gasteiger partial charge in [0.05, 0.1) is 11.6 Å². The zero-order valence-corrected chi connectivity index (χ0v) is 19.3. The van der Waals surface area contributed by atoms with Crippen LogP contribution in [0.2, 0.25) is 0 Å². The quantitative estimate of drug-likeness (QED) is 0.389. The van der Waals surface area contributed by atoms with E-state index in [2.05, 4.69) is 10.4 Å². The Hall–Kier alpha value is -3.89. The van der Waals surface area contributed by atoms with Crippen molar-refractivity contribution in [1.29, 1.82) is 0 Å². The maximum absolute atomic E-state index is 13.7. The molecule has 0 bridgehead atoms. The number of aromatic nitrogens is 2. The SMILES string of the molecule is Cc1cc(C(C)NC(=O)c2c(C(F)F)nn(C)c2Oc2ccc(C(C)(F)F)cc2)ccc1C(=O)O. The normalized spacial score (nSPS) is 12.5. The molecule has 3 aromatic rings. The number of rotatable bonds is 8. The highest BCUT2D eigenvalue weighted by atomic mass is 19.3. The number of hydrogen-bond acceptors (Lipinski definition) is 4. The monoisotopic (exact) mass is 493 g/mol. The van der Waals surface area contributed by atoms with Crippen molar-refractivity contribution in [1.82, 2.24) is 15.1 Å².